The van der Waals surface area contributed by atoms with Crippen LogP contribution in [-0.4, -0.2) is 22.0 Å². The van der Waals surface area contributed by atoms with Crippen LogP contribution in [0.1, 0.15) is 12.8 Å². The second-order valence-electron chi connectivity index (χ2n) is 6.02. The summed E-state index contributed by atoms with van der Waals surface area (Å²) in [6, 6.07) is 3.14. The molecule has 7 heteroatoms. The molecule has 1 saturated carbocycles. The lowest BCUT2D eigenvalue weighted by molar-refractivity contribution is 0.300. The van der Waals surface area contributed by atoms with Gasteiger partial charge in [-0.05, 0) is 31.1 Å². The van der Waals surface area contributed by atoms with Gasteiger partial charge in [0.1, 0.15) is 10.8 Å². The molecule has 0 spiro atoms. The highest BCUT2D eigenvalue weighted by Crippen LogP contribution is 2.33. The number of halogens is 1. The Hall–Kier alpha value is -1.66. The predicted octanol–water partition coefficient (Wildman–Crippen LogP) is 2.98. The predicted molar refractivity (Wildman–Crippen MR) is 98.1 cm³/mol. The first-order valence-corrected chi connectivity index (χ1v) is 9.49. The van der Waals surface area contributed by atoms with E-state index in [2.05, 4.69) is 0 Å². The fourth-order valence-electron chi connectivity index (χ4n) is 2.44. The second-order valence-corrected chi connectivity index (χ2v) is 7.27. The Morgan fingerprint density at radius 3 is 2.67 bits per heavy atom. The van der Waals surface area contributed by atoms with Crippen LogP contribution < -0.4 is 15.9 Å². The quantitative estimate of drug-likeness (QED) is 0.788. The standard InChI is InChI=1S/C17H19ClN2O3S/c1-19-7-12(5-14(18)17(19)22)13-8-20(10-24-2)16(21)6-15(13)23-9-11-3-4-11/h5-8,11H,3-4,9-10H2,1-2H3. The van der Waals surface area contributed by atoms with E-state index in [-0.39, 0.29) is 16.1 Å². The smallest absolute Gasteiger partial charge is 0.269 e. The summed E-state index contributed by atoms with van der Waals surface area (Å²) in [5.41, 5.74) is 1.16. The van der Waals surface area contributed by atoms with Gasteiger partial charge in [0.05, 0.1) is 12.5 Å². The third-order valence-electron chi connectivity index (χ3n) is 3.98. The van der Waals surface area contributed by atoms with Crippen molar-refractivity contribution in [2.45, 2.75) is 18.7 Å². The van der Waals surface area contributed by atoms with Crippen LogP contribution in [0.2, 0.25) is 5.02 Å². The Kier molecular flexibility index (Phi) is 5.06. The van der Waals surface area contributed by atoms with Crippen molar-refractivity contribution in [2.75, 3.05) is 12.9 Å². The highest BCUT2D eigenvalue weighted by molar-refractivity contribution is 7.97. The molecule has 0 radical (unpaired) electrons. The minimum atomic E-state index is -0.252. The zero-order valence-electron chi connectivity index (χ0n) is 13.6. The maximum atomic E-state index is 12.3. The van der Waals surface area contributed by atoms with Gasteiger partial charge >= 0.3 is 0 Å². The highest BCUT2D eigenvalue weighted by atomic mass is 35.5. The normalized spacial score (nSPS) is 14.0. The molecule has 0 bridgehead atoms. The third-order valence-corrected chi connectivity index (χ3v) is 4.79. The van der Waals surface area contributed by atoms with Crippen molar-refractivity contribution in [3.8, 4) is 16.9 Å². The molecule has 1 aliphatic carbocycles. The summed E-state index contributed by atoms with van der Waals surface area (Å²) in [6.45, 7) is 0.610. The van der Waals surface area contributed by atoms with Crippen LogP contribution in [0.5, 0.6) is 5.75 Å². The summed E-state index contributed by atoms with van der Waals surface area (Å²) >= 11 is 7.60. The minimum absolute atomic E-state index is 0.102. The van der Waals surface area contributed by atoms with E-state index in [0.717, 1.165) is 11.1 Å². The summed E-state index contributed by atoms with van der Waals surface area (Å²) in [6.07, 6.45) is 7.76. The number of pyridine rings is 2. The fourth-order valence-corrected chi connectivity index (χ4v) is 3.17. The number of rotatable bonds is 6. The molecule has 2 heterocycles. The van der Waals surface area contributed by atoms with E-state index < -0.39 is 0 Å². The van der Waals surface area contributed by atoms with Crippen LogP contribution in [-0.2, 0) is 12.9 Å². The van der Waals surface area contributed by atoms with Crippen LogP contribution >= 0.6 is 23.4 Å². The van der Waals surface area contributed by atoms with Gasteiger partial charge in [-0.1, -0.05) is 11.6 Å². The molecular weight excluding hydrogens is 348 g/mol. The summed E-state index contributed by atoms with van der Waals surface area (Å²) in [4.78, 5) is 24.1. The summed E-state index contributed by atoms with van der Waals surface area (Å²) in [5, 5.41) is 0.144. The van der Waals surface area contributed by atoms with Crippen LogP contribution in [0.25, 0.3) is 11.1 Å². The SMILES string of the molecule is CSCn1cc(-c2cc(Cl)c(=O)n(C)c2)c(OCC2CC2)cc1=O. The van der Waals surface area contributed by atoms with Crippen molar-refractivity contribution in [1.82, 2.24) is 9.13 Å². The first-order valence-electron chi connectivity index (χ1n) is 7.72. The highest BCUT2D eigenvalue weighted by Gasteiger charge is 2.23. The minimum Gasteiger partial charge on any atom is -0.492 e. The number of hydrogen-bond acceptors (Lipinski definition) is 4. The number of aryl methyl sites for hydroxylation is 1. The van der Waals surface area contributed by atoms with Crippen molar-refractivity contribution in [1.29, 1.82) is 0 Å². The van der Waals surface area contributed by atoms with Gasteiger partial charge < -0.3 is 13.9 Å². The van der Waals surface area contributed by atoms with Crippen LogP contribution in [0.3, 0.4) is 0 Å². The molecule has 0 unspecified atom stereocenters. The largest absolute Gasteiger partial charge is 0.492 e. The van der Waals surface area contributed by atoms with Gasteiger partial charge in [0.15, 0.2) is 0 Å². The van der Waals surface area contributed by atoms with E-state index in [1.807, 2.05) is 6.26 Å². The first-order chi connectivity index (χ1) is 11.5. The first kappa shape index (κ1) is 17.2. The van der Waals surface area contributed by atoms with Crippen molar-refractivity contribution >= 4 is 23.4 Å². The van der Waals surface area contributed by atoms with E-state index in [0.29, 0.717) is 24.2 Å². The molecule has 24 heavy (non-hydrogen) atoms. The lowest BCUT2D eigenvalue weighted by Crippen LogP contribution is -2.20. The van der Waals surface area contributed by atoms with Crippen LogP contribution in [0.15, 0.2) is 34.1 Å². The van der Waals surface area contributed by atoms with E-state index in [1.165, 1.54) is 23.5 Å². The summed E-state index contributed by atoms with van der Waals surface area (Å²) in [7, 11) is 1.65. The van der Waals surface area contributed by atoms with Crippen molar-refractivity contribution in [3.05, 3.63) is 50.3 Å². The van der Waals surface area contributed by atoms with Crippen molar-refractivity contribution < 1.29 is 4.74 Å². The molecule has 0 aromatic carbocycles. The van der Waals surface area contributed by atoms with Gasteiger partial charge in [0, 0.05) is 36.6 Å². The van der Waals surface area contributed by atoms with Gasteiger partial charge in [-0.25, -0.2) is 0 Å². The van der Waals surface area contributed by atoms with Gasteiger partial charge in [-0.2, -0.15) is 0 Å². The number of nitrogens with zero attached hydrogens (tertiary/aromatic N) is 2. The van der Waals surface area contributed by atoms with Gasteiger partial charge in [0.25, 0.3) is 11.1 Å². The summed E-state index contributed by atoms with van der Waals surface area (Å²) < 4.78 is 8.95. The molecule has 0 saturated heterocycles. The Morgan fingerprint density at radius 1 is 1.29 bits per heavy atom. The second kappa shape index (κ2) is 7.07. The maximum Gasteiger partial charge on any atom is 0.269 e. The Balaban J connectivity index is 2.09. The average molecular weight is 367 g/mol. The summed E-state index contributed by atoms with van der Waals surface area (Å²) in [5.74, 6) is 1.67. The van der Waals surface area contributed by atoms with E-state index in [4.69, 9.17) is 16.3 Å². The van der Waals surface area contributed by atoms with Crippen LogP contribution in [0, 0.1) is 5.92 Å². The van der Waals surface area contributed by atoms with E-state index >= 15 is 0 Å². The van der Waals surface area contributed by atoms with E-state index in [1.54, 1.807) is 41.8 Å². The Labute approximate surface area is 149 Å². The third kappa shape index (κ3) is 3.70. The van der Waals surface area contributed by atoms with Gasteiger partial charge in [0.2, 0.25) is 0 Å². The molecule has 0 atom stereocenters. The Bertz CT molecular complexity index is 845. The molecular formula is C17H19ClN2O3S. The molecule has 3 rings (SSSR count). The maximum absolute atomic E-state index is 12.3. The topological polar surface area (TPSA) is 53.2 Å². The molecule has 128 valence electrons. The average Bonchev–Trinajstić information content (AvgIpc) is 3.36. The number of thioether (sulfide) groups is 1. The van der Waals surface area contributed by atoms with Gasteiger partial charge in [-0.15, -0.1) is 11.8 Å². The molecule has 5 nitrogen and oxygen atoms in total. The monoisotopic (exact) mass is 366 g/mol. The van der Waals surface area contributed by atoms with E-state index in [9.17, 15) is 9.59 Å². The molecule has 0 N–H and O–H groups in total. The zero-order valence-corrected chi connectivity index (χ0v) is 15.2. The van der Waals surface area contributed by atoms with Crippen molar-refractivity contribution in [2.24, 2.45) is 13.0 Å². The molecule has 0 amide bonds. The number of hydrogen-bond donors (Lipinski definition) is 0. The van der Waals surface area contributed by atoms with Crippen molar-refractivity contribution in [3.63, 3.8) is 0 Å². The molecule has 2 aromatic heterocycles. The van der Waals surface area contributed by atoms with Crippen LogP contribution in [0.4, 0.5) is 0 Å². The number of aromatic nitrogens is 2. The molecule has 1 aliphatic rings. The number of ether oxygens (including phenoxy) is 1. The lowest BCUT2D eigenvalue weighted by atomic mass is 10.1. The molecule has 1 fully saturated rings. The fraction of sp³-hybridized carbons (Fsp3) is 0.412. The van der Waals surface area contributed by atoms with Gasteiger partial charge in [-0.3, -0.25) is 9.59 Å². The Morgan fingerprint density at radius 2 is 2.04 bits per heavy atom. The molecule has 0 aliphatic heterocycles. The zero-order chi connectivity index (χ0) is 17.3. The molecule has 2 aromatic rings. The lowest BCUT2D eigenvalue weighted by Gasteiger charge is -2.15.